The van der Waals surface area contributed by atoms with Gasteiger partial charge in [0.2, 0.25) is 0 Å². The number of unbranched alkanes of at least 4 members (excludes halogenated alkanes) is 2. The van der Waals surface area contributed by atoms with E-state index in [2.05, 4.69) is 123 Å². The average Bonchev–Trinajstić information content (AvgIpc) is 3.63. The Bertz CT molecular complexity index is 1280. The minimum Gasteiger partial charge on any atom is -0.0801 e. The quantitative estimate of drug-likeness (QED) is 0.237. The van der Waals surface area contributed by atoms with Gasteiger partial charge < -0.3 is 0 Å². The molecule has 0 saturated heterocycles. The molecule has 3 aromatic carbocycles. The molecular weight excluding hydrogens is 444 g/mol. The average molecular weight is 485 g/mol. The Labute approximate surface area is 224 Å². The molecule has 0 amide bonds. The van der Waals surface area contributed by atoms with Gasteiger partial charge in [0.25, 0.3) is 0 Å². The highest BCUT2D eigenvalue weighted by atomic mass is 14.4. The molecule has 0 aromatic heterocycles. The Morgan fingerprint density at radius 3 is 1.78 bits per heavy atom. The van der Waals surface area contributed by atoms with Crippen LogP contribution in [0.15, 0.2) is 126 Å². The van der Waals surface area contributed by atoms with Crippen molar-refractivity contribution in [3.63, 3.8) is 0 Å². The van der Waals surface area contributed by atoms with Crippen molar-refractivity contribution in [1.82, 2.24) is 0 Å². The van der Waals surface area contributed by atoms with Crippen molar-refractivity contribution in [3.8, 4) is 0 Å². The standard InChI is InChI=1S/C37H40/c1-3-5-17-29-19-15-26-33(29)34-25-13-14-27-36(34)37(31-21-9-7-10-22-31,32-23-11-8-12-24-32)35-28-16-20-30(35)18-6-4-2/h7-16,19-25,27H,3-6,17-18,26,28H2,1-2H3. The molecule has 0 heteroatoms. The van der Waals surface area contributed by atoms with Gasteiger partial charge in [-0.05, 0) is 83.1 Å². The summed E-state index contributed by atoms with van der Waals surface area (Å²) in [6.07, 6.45) is 18.8. The predicted molar refractivity (Wildman–Crippen MR) is 160 cm³/mol. The van der Waals surface area contributed by atoms with Crippen LogP contribution in [0.5, 0.6) is 0 Å². The number of hydrogen-bond acceptors (Lipinski definition) is 0. The fourth-order valence-corrected chi connectivity index (χ4v) is 6.42. The monoisotopic (exact) mass is 484 g/mol. The van der Waals surface area contributed by atoms with Gasteiger partial charge in [-0.1, -0.05) is 136 Å². The van der Waals surface area contributed by atoms with Crippen molar-refractivity contribution in [3.05, 3.63) is 148 Å². The van der Waals surface area contributed by atoms with E-state index in [4.69, 9.17) is 0 Å². The van der Waals surface area contributed by atoms with E-state index in [9.17, 15) is 0 Å². The Kier molecular flexibility index (Phi) is 8.05. The van der Waals surface area contributed by atoms with Gasteiger partial charge in [-0.15, -0.1) is 0 Å². The summed E-state index contributed by atoms with van der Waals surface area (Å²) in [6, 6.07) is 31.9. The van der Waals surface area contributed by atoms with Gasteiger partial charge >= 0.3 is 0 Å². The third kappa shape index (κ3) is 4.82. The highest BCUT2D eigenvalue weighted by Gasteiger charge is 2.43. The second-order valence-corrected chi connectivity index (χ2v) is 10.5. The van der Waals surface area contributed by atoms with Crippen LogP contribution in [0.1, 0.15) is 87.5 Å². The molecule has 3 aromatic rings. The molecule has 2 aliphatic carbocycles. The highest BCUT2D eigenvalue weighted by Crippen LogP contribution is 2.52. The van der Waals surface area contributed by atoms with Gasteiger partial charge in [-0.2, -0.15) is 0 Å². The third-order valence-electron chi connectivity index (χ3n) is 8.18. The lowest BCUT2D eigenvalue weighted by atomic mass is 9.61. The second-order valence-electron chi connectivity index (χ2n) is 10.5. The van der Waals surface area contributed by atoms with E-state index >= 15 is 0 Å². The summed E-state index contributed by atoms with van der Waals surface area (Å²) >= 11 is 0. The van der Waals surface area contributed by atoms with Gasteiger partial charge in [-0.3, -0.25) is 0 Å². The summed E-state index contributed by atoms with van der Waals surface area (Å²) in [4.78, 5) is 0. The third-order valence-corrected chi connectivity index (χ3v) is 8.18. The largest absolute Gasteiger partial charge is 0.0801 e. The smallest absolute Gasteiger partial charge is 0.0676 e. The van der Waals surface area contributed by atoms with Crippen LogP contribution in [-0.2, 0) is 5.41 Å². The number of benzene rings is 3. The zero-order valence-electron chi connectivity index (χ0n) is 22.5. The van der Waals surface area contributed by atoms with Crippen molar-refractivity contribution in [2.24, 2.45) is 0 Å². The van der Waals surface area contributed by atoms with Crippen molar-refractivity contribution in [1.29, 1.82) is 0 Å². The SMILES string of the molecule is CCCCC1=C(c2ccccc2C(C2=C(CCCC)C=CC2)(c2ccccc2)c2ccccc2)CC=C1. The topological polar surface area (TPSA) is 0 Å². The zero-order chi connectivity index (χ0) is 25.5. The summed E-state index contributed by atoms with van der Waals surface area (Å²) in [5.41, 5.74) is 11.3. The van der Waals surface area contributed by atoms with Crippen molar-refractivity contribution < 1.29 is 0 Å². The van der Waals surface area contributed by atoms with Crippen LogP contribution in [0.3, 0.4) is 0 Å². The van der Waals surface area contributed by atoms with Crippen molar-refractivity contribution >= 4 is 5.57 Å². The molecule has 2 aliphatic rings. The van der Waals surface area contributed by atoms with Gasteiger partial charge in [0, 0.05) is 0 Å². The van der Waals surface area contributed by atoms with E-state index in [0.717, 1.165) is 25.7 Å². The molecule has 0 spiro atoms. The van der Waals surface area contributed by atoms with E-state index in [1.54, 1.807) is 5.57 Å². The maximum atomic E-state index is 2.42. The van der Waals surface area contributed by atoms with E-state index in [-0.39, 0.29) is 5.41 Å². The Balaban J connectivity index is 1.85. The van der Waals surface area contributed by atoms with Crippen LogP contribution in [-0.4, -0.2) is 0 Å². The minimum absolute atomic E-state index is 0.336. The Morgan fingerprint density at radius 2 is 1.14 bits per heavy atom. The van der Waals surface area contributed by atoms with Gasteiger partial charge in [0.05, 0.1) is 5.41 Å². The molecule has 5 rings (SSSR count). The van der Waals surface area contributed by atoms with Crippen LogP contribution in [0.2, 0.25) is 0 Å². The first-order valence-corrected chi connectivity index (χ1v) is 14.3. The number of rotatable bonds is 11. The Hall–Kier alpha value is -3.38. The van der Waals surface area contributed by atoms with Crippen molar-refractivity contribution in [2.45, 2.75) is 70.6 Å². The molecule has 0 bridgehead atoms. The molecule has 0 radical (unpaired) electrons. The normalized spacial score (nSPS) is 15.3. The lowest BCUT2D eigenvalue weighted by Crippen LogP contribution is -2.33. The summed E-state index contributed by atoms with van der Waals surface area (Å²) in [6.45, 7) is 4.59. The molecule has 0 nitrogen and oxygen atoms in total. The minimum atomic E-state index is -0.336. The first kappa shape index (κ1) is 25.3. The molecule has 188 valence electrons. The summed E-state index contributed by atoms with van der Waals surface area (Å²) in [7, 11) is 0. The molecule has 0 aliphatic heterocycles. The summed E-state index contributed by atoms with van der Waals surface area (Å²) in [5, 5.41) is 0. The molecule has 37 heavy (non-hydrogen) atoms. The maximum Gasteiger partial charge on any atom is 0.0676 e. The van der Waals surface area contributed by atoms with Crippen LogP contribution >= 0.6 is 0 Å². The summed E-state index contributed by atoms with van der Waals surface area (Å²) in [5.74, 6) is 0. The lowest BCUT2D eigenvalue weighted by Gasteiger charge is -2.40. The molecule has 0 N–H and O–H groups in total. The van der Waals surface area contributed by atoms with E-state index in [1.807, 2.05) is 0 Å². The van der Waals surface area contributed by atoms with Crippen LogP contribution in [0.25, 0.3) is 5.57 Å². The number of allylic oxidation sites excluding steroid dienone is 8. The Morgan fingerprint density at radius 1 is 0.595 bits per heavy atom. The van der Waals surface area contributed by atoms with Crippen LogP contribution in [0, 0.1) is 0 Å². The van der Waals surface area contributed by atoms with Gasteiger partial charge in [0.1, 0.15) is 0 Å². The van der Waals surface area contributed by atoms with E-state index in [1.165, 1.54) is 64.7 Å². The fraction of sp³-hybridized carbons (Fsp3) is 0.297. The summed E-state index contributed by atoms with van der Waals surface area (Å²) < 4.78 is 0. The molecule has 0 atom stereocenters. The number of hydrogen-bond donors (Lipinski definition) is 0. The maximum absolute atomic E-state index is 2.42. The van der Waals surface area contributed by atoms with E-state index < -0.39 is 0 Å². The molecule has 0 heterocycles. The molecular formula is C37H40. The fourth-order valence-electron chi connectivity index (χ4n) is 6.42. The lowest BCUT2D eigenvalue weighted by molar-refractivity contribution is 0.688. The first-order valence-electron chi connectivity index (χ1n) is 14.3. The van der Waals surface area contributed by atoms with Gasteiger partial charge in [0.15, 0.2) is 0 Å². The highest BCUT2D eigenvalue weighted by molar-refractivity contribution is 5.80. The van der Waals surface area contributed by atoms with Crippen LogP contribution < -0.4 is 0 Å². The second kappa shape index (κ2) is 11.8. The molecule has 0 fully saturated rings. The van der Waals surface area contributed by atoms with Gasteiger partial charge in [-0.25, -0.2) is 0 Å². The first-order chi connectivity index (χ1) is 18.3. The van der Waals surface area contributed by atoms with Crippen LogP contribution in [0.4, 0.5) is 0 Å². The molecule has 0 unspecified atom stereocenters. The zero-order valence-corrected chi connectivity index (χ0v) is 22.5. The van der Waals surface area contributed by atoms with Crippen molar-refractivity contribution in [2.75, 3.05) is 0 Å². The van der Waals surface area contributed by atoms with E-state index in [0.29, 0.717) is 0 Å². The predicted octanol–water partition coefficient (Wildman–Crippen LogP) is 10.4. The molecule has 0 saturated carbocycles.